The van der Waals surface area contributed by atoms with Crippen LogP contribution in [0.5, 0.6) is 5.75 Å². The number of aromatic hydroxyl groups is 1. The molecular weight excluding hydrogens is 312 g/mol. The summed E-state index contributed by atoms with van der Waals surface area (Å²) in [6, 6.07) is 5.64. The Labute approximate surface area is 147 Å². The van der Waals surface area contributed by atoms with E-state index in [9.17, 15) is 5.11 Å². The van der Waals surface area contributed by atoms with E-state index in [1.165, 1.54) is 0 Å². The van der Waals surface area contributed by atoms with Crippen LogP contribution in [-0.2, 0) is 6.42 Å². The summed E-state index contributed by atoms with van der Waals surface area (Å²) < 4.78 is 1.88. The van der Waals surface area contributed by atoms with E-state index in [1.807, 2.05) is 50.6 Å². The summed E-state index contributed by atoms with van der Waals surface area (Å²) >= 11 is 0. The number of fused-ring (bicyclic) bond motifs is 1. The molecule has 0 amide bonds. The lowest BCUT2D eigenvalue weighted by atomic mass is 10.1. The Morgan fingerprint density at radius 1 is 1.08 bits per heavy atom. The second kappa shape index (κ2) is 6.51. The molecule has 3 aromatic rings. The lowest BCUT2D eigenvalue weighted by Gasteiger charge is -2.06. The molecule has 25 heavy (non-hydrogen) atoms. The molecule has 0 unspecified atom stereocenters. The zero-order chi connectivity index (χ0) is 18.1. The van der Waals surface area contributed by atoms with Gasteiger partial charge in [-0.1, -0.05) is 18.2 Å². The highest BCUT2D eigenvalue weighted by molar-refractivity contribution is 5.92. The Hall–Kier alpha value is -2.95. The molecular formula is C20H22N4O. The van der Waals surface area contributed by atoms with Crippen LogP contribution in [0.4, 0.5) is 0 Å². The van der Waals surface area contributed by atoms with Gasteiger partial charge in [0.05, 0.1) is 17.6 Å². The van der Waals surface area contributed by atoms with Gasteiger partial charge in [0.15, 0.2) is 0 Å². The summed E-state index contributed by atoms with van der Waals surface area (Å²) in [7, 11) is 0. The van der Waals surface area contributed by atoms with Crippen LogP contribution >= 0.6 is 0 Å². The number of aryl methyl sites for hydroxylation is 4. The molecule has 2 heterocycles. The number of aromatic nitrogens is 3. The van der Waals surface area contributed by atoms with Gasteiger partial charge < -0.3 is 5.11 Å². The van der Waals surface area contributed by atoms with E-state index in [2.05, 4.69) is 21.9 Å². The van der Waals surface area contributed by atoms with Gasteiger partial charge in [0, 0.05) is 27.7 Å². The van der Waals surface area contributed by atoms with E-state index in [4.69, 9.17) is 0 Å². The van der Waals surface area contributed by atoms with Gasteiger partial charge in [0.1, 0.15) is 5.75 Å². The first-order valence-corrected chi connectivity index (χ1v) is 8.23. The maximum absolute atomic E-state index is 10.4. The molecule has 0 spiro atoms. The average molecular weight is 334 g/mol. The van der Waals surface area contributed by atoms with Gasteiger partial charge in [0.2, 0.25) is 0 Å². The van der Waals surface area contributed by atoms with Crippen molar-refractivity contribution in [3.63, 3.8) is 0 Å². The summed E-state index contributed by atoms with van der Waals surface area (Å²) in [5.41, 5.74) is 5.34. The van der Waals surface area contributed by atoms with E-state index in [1.54, 1.807) is 12.3 Å². The van der Waals surface area contributed by atoms with Crippen molar-refractivity contribution >= 4 is 17.0 Å². The molecule has 5 heteroatoms. The molecule has 0 aliphatic heterocycles. The summed E-state index contributed by atoms with van der Waals surface area (Å²) in [5.74, 6) is 0.244. The lowest BCUT2D eigenvalue weighted by molar-refractivity contribution is 0.469. The smallest absolute Gasteiger partial charge is 0.127 e. The molecule has 1 aromatic carbocycles. The van der Waals surface area contributed by atoms with Crippen LogP contribution in [0.2, 0.25) is 0 Å². The Kier molecular flexibility index (Phi) is 4.40. The SMILES string of the molecule is C=CCc1cccc(/C=N\n2c(C)c3c(C)nnc(C)c3c2C)c1O. The van der Waals surface area contributed by atoms with E-state index >= 15 is 0 Å². The van der Waals surface area contributed by atoms with Crippen LogP contribution in [0.1, 0.15) is 33.9 Å². The Morgan fingerprint density at radius 2 is 1.68 bits per heavy atom. The fourth-order valence-corrected chi connectivity index (χ4v) is 3.29. The number of allylic oxidation sites excluding steroid dienone is 1. The second-order valence-corrected chi connectivity index (χ2v) is 6.20. The predicted molar refractivity (Wildman–Crippen MR) is 101 cm³/mol. The predicted octanol–water partition coefficient (Wildman–Crippen LogP) is 3.98. The van der Waals surface area contributed by atoms with Crippen LogP contribution in [0.15, 0.2) is 36.0 Å². The highest BCUT2D eigenvalue weighted by Crippen LogP contribution is 2.29. The molecule has 3 rings (SSSR count). The molecule has 1 N–H and O–H groups in total. The standard InChI is InChI=1S/C20H22N4O/c1-6-8-16-9-7-10-17(20(16)25)11-21-24-14(4)18-12(2)22-23-13(3)19(18)15(24)5/h6-7,9-11,25H,1,8H2,2-5H3/b21-11-. The van der Waals surface area contributed by atoms with Crippen molar-refractivity contribution in [3.8, 4) is 5.75 Å². The topological polar surface area (TPSA) is 63.3 Å². The van der Waals surface area contributed by atoms with Crippen molar-refractivity contribution in [2.24, 2.45) is 5.10 Å². The minimum atomic E-state index is 0.244. The van der Waals surface area contributed by atoms with Crippen LogP contribution < -0.4 is 0 Å². The normalized spacial score (nSPS) is 11.5. The van der Waals surface area contributed by atoms with Gasteiger partial charge in [-0.15, -0.1) is 6.58 Å². The number of para-hydroxylation sites is 1. The molecule has 0 fully saturated rings. The van der Waals surface area contributed by atoms with Gasteiger partial charge in [0.25, 0.3) is 0 Å². The molecule has 0 saturated heterocycles. The van der Waals surface area contributed by atoms with Gasteiger partial charge in [-0.25, -0.2) is 4.68 Å². The van der Waals surface area contributed by atoms with Crippen LogP contribution in [0.25, 0.3) is 10.8 Å². The van der Waals surface area contributed by atoms with E-state index in [0.717, 1.165) is 39.1 Å². The Morgan fingerprint density at radius 3 is 2.24 bits per heavy atom. The van der Waals surface area contributed by atoms with Gasteiger partial charge >= 0.3 is 0 Å². The van der Waals surface area contributed by atoms with Gasteiger partial charge in [-0.2, -0.15) is 15.3 Å². The van der Waals surface area contributed by atoms with Crippen LogP contribution in [0.3, 0.4) is 0 Å². The monoisotopic (exact) mass is 334 g/mol. The number of rotatable bonds is 4. The number of benzene rings is 1. The first-order valence-electron chi connectivity index (χ1n) is 8.23. The number of phenols is 1. The minimum absolute atomic E-state index is 0.244. The van der Waals surface area contributed by atoms with Crippen molar-refractivity contribution in [2.75, 3.05) is 0 Å². The van der Waals surface area contributed by atoms with Crippen LogP contribution in [-0.4, -0.2) is 26.2 Å². The zero-order valence-corrected chi connectivity index (χ0v) is 15.0. The third-order valence-corrected chi connectivity index (χ3v) is 4.51. The quantitative estimate of drug-likeness (QED) is 0.580. The molecule has 5 nitrogen and oxygen atoms in total. The number of hydrogen-bond acceptors (Lipinski definition) is 4. The maximum atomic E-state index is 10.4. The average Bonchev–Trinajstić information content (AvgIpc) is 2.84. The number of nitrogens with zero attached hydrogens (tertiary/aromatic N) is 4. The first-order chi connectivity index (χ1) is 12.0. The fraction of sp³-hybridized carbons (Fsp3) is 0.250. The Balaban J connectivity index is 2.12. The number of hydrogen-bond donors (Lipinski definition) is 1. The lowest BCUT2D eigenvalue weighted by Crippen LogP contribution is -1.97. The van der Waals surface area contributed by atoms with Crippen molar-refractivity contribution in [2.45, 2.75) is 34.1 Å². The van der Waals surface area contributed by atoms with E-state index in [0.29, 0.717) is 12.0 Å². The van der Waals surface area contributed by atoms with Gasteiger partial charge in [-0.05, 0) is 45.7 Å². The van der Waals surface area contributed by atoms with Crippen molar-refractivity contribution in [1.29, 1.82) is 0 Å². The molecule has 2 aromatic heterocycles. The molecule has 0 aliphatic rings. The zero-order valence-electron chi connectivity index (χ0n) is 15.0. The summed E-state index contributed by atoms with van der Waals surface area (Å²) in [6.07, 6.45) is 4.08. The van der Waals surface area contributed by atoms with Crippen molar-refractivity contribution in [3.05, 3.63) is 64.8 Å². The highest BCUT2D eigenvalue weighted by atomic mass is 16.3. The van der Waals surface area contributed by atoms with Crippen LogP contribution in [0, 0.1) is 27.7 Å². The molecule has 0 saturated carbocycles. The molecule has 0 bridgehead atoms. The third kappa shape index (κ3) is 2.82. The van der Waals surface area contributed by atoms with Gasteiger partial charge in [-0.3, -0.25) is 0 Å². The minimum Gasteiger partial charge on any atom is -0.507 e. The first kappa shape index (κ1) is 16.9. The van der Waals surface area contributed by atoms with Crippen molar-refractivity contribution < 1.29 is 5.11 Å². The number of phenolic OH excluding ortho intramolecular Hbond substituents is 1. The summed E-state index contributed by atoms with van der Waals surface area (Å²) in [4.78, 5) is 0. The maximum Gasteiger partial charge on any atom is 0.127 e. The third-order valence-electron chi connectivity index (χ3n) is 4.51. The second-order valence-electron chi connectivity index (χ2n) is 6.20. The largest absolute Gasteiger partial charge is 0.507 e. The molecule has 128 valence electrons. The molecule has 0 radical (unpaired) electrons. The highest BCUT2D eigenvalue weighted by Gasteiger charge is 2.16. The fourth-order valence-electron chi connectivity index (χ4n) is 3.29. The Bertz CT molecular complexity index is 954. The van der Waals surface area contributed by atoms with E-state index < -0.39 is 0 Å². The molecule has 0 atom stereocenters. The molecule has 0 aliphatic carbocycles. The van der Waals surface area contributed by atoms with E-state index in [-0.39, 0.29) is 5.75 Å². The summed E-state index contributed by atoms with van der Waals surface area (Å²) in [6.45, 7) is 11.7. The van der Waals surface area contributed by atoms with Crippen molar-refractivity contribution in [1.82, 2.24) is 14.9 Å². The summed E-state index contributed by atoms with van der Waals surface area (Å²) in [5, 5.41) is 25.6.